The molecule has 0 radical (unpaired) electrons. The van der Waals surface area contributed by atoms with Crippen molar-refractivity contribution in [2.45, 2.75) is 52.0 Å². The van der Waals surface area contributed by atoms with Gasteiger partial charge in [0.1, 0.15) is 0 Å². The lowest BCUT2D eigenvalue weighted by Gasteiger charge is -2.11. The van der Waals surface area contributed by atoms with Gasteiger partial charge in [0, 0.05) is 6.04 Å². The van der Waals surface area contributed by atoms with Crippen LogP contribution in [-0.2, 0) is 0 Å². The van der Waals surface area contributed by atoms with E-state index in [-0.39, 0.29) is 0 Å². The summed E-state index contributed by atoms with van der Waals surface area (Å²) in [7, 11) is 0. The maximum absolute atomic E-state index is 3.60. The summed E-state index contributed by atoms with van der Waals surface area (Å²) >= 11 is 0. The molecule has 0 bridgehead atoms. The second-order valence-corrected chi connectivity index (χ2v) is 3.74. The lowest BCUT2D eigenvalue weighted by Crippen LogP contribution is -2.26. The van der Waals surface area contributed by atoms with Gasteiger partial charge in [0.15, 0.2) is 0 Å². The Bertz CT molecular complexity index is 101. The third kappa shape index (κ3) is 2.82. The van der Waals surface area contributed by atoms with E-state index in [1.807, 2.05) is 0 Å². The SMILES string of the molecule is CCCNC1CCC(CC)C1. The summed E-state index contributed by atoms with van der Waals surface area (Å²) in [6.45, 7) is 5.76. The Morgan fingerprint density at radius 3 is 2.64 bits per heavy atom. The summed E-state index contributed by atoms with van der Waals surface area (Å²) < 4.78 is 0. The lowest BCUT2D eigenvalue weighted by atomic mass is 10.1. The van der Waals surface area contributed by atoms with Crippen LogP contribution in [-0.4, -0.2) is 12.6 Å². The molecule has 0 heterocycles. The van der Waals surface area contributed by atoms with E-state index < -0.39 is 0 Å². The summed E-state index contributed by atoms with van der Waals surface area (Å²) in [5.74, 6) is 1.02. The number of nitrogens with one attached hydrogen (secondary N) is 1. The summed E-state index contributed by atoms with van der Waals surface area (Å²) in [5, 5.41) is 3.60. The van der Waals surface area contributed by atoms with Gasteiger partial charge in [0.25, 0.3) is 0 Å². The normalized spacial score (nSPS) is 31.1. The first-order valence-electron chi connectivity index (χ1n) is 5.10. The average Bonchev–Trinajstić information content (AvgIpc) is 2.48. The Morgan fingerprint density at radius 2 is 2.09 bits per heavy atom. The van der Waals surface area contributed by atoms with E-state index >= 15 is 0 Å². The zero-order valence-electron chi connectivity index (χ0n) is 7.90. The first-order chi connectivity index (χ1) is 5.36. The average molecular weight is 155 g/mol. The number of hydrogen-bond acceptors (Lipinski definition) is 1. The van der Waals surface area contributed by atoms with Crippen molar-refractivity contribution >= 4 is 0 Å². The molecule has 0 spiro atoms. The van der Waals surface area contributed by atoms with Gasteiger partial charge in [0.05, 0.1) is 0 Å². The molecule has 2 unspecified atom stereocenters. The highest BCUT2D eigenvalue weighted by Crippen LogP contribution is 2.27. The number of hydrogen-bond donors (Lipinski definition) is 1. The van der Waals surface area contributed by atoms with Crippen molar-refractivity contribution < 1.29 is 0 Å². The number of rotatable bonds is 4. The van der Waals surface area contributed by atoms with Gasteiger partial charge in [-0.05, 0) is 38.1 Å². The molecule has 1 fully saturated rings. The van der Waals surface area contributed by atoms with E-state index in [1.54, 1.807) is 0 Å². The van der Waals surface area contributed by atoms with Gasteiger partial charge in [-0.25, -0.2) is 0 Å². The predicted octanol–water partition coefficient (Wildman–Crippen LogP) is 2.56. The smallest absolute Gasteiger partial charge is 0.00697 e. The van der Waals surface area contributed by atoms with E-state index in [4.69, 9.17) is 0 Å². The summed E-state index contributed by atoms with van der Waals surface area (Å²) in [6, 6.07) is 0.847. The van der Waals surface area contributed by atoms with Crippen LogP contribution in [0.5, 0.6) is 0 Å². The maximum atomic E-state index is 3.60. The Labute approximate surface area is 70.6 Å². The molecule has 1 rings (SSSR count). The van der Waals surface area contributed by atoms with Gasteiger partial charge >= 0.3 is 0 Å². The molecule has 0 aromatic heterocycles. The summed E-state index contributed by atoms with van der Waals surface area (Å²) in [5.41, 5.74) is 0. The van der Waals surface area contributed by atoms with Crippen LogP contribution >= 0.6 is 0 Å². The molecule has 66 valence electrons. The molecular weight excluding hydrogens is 134 g/mol. The minimum Gasteiger partial charge on any atom is -0.314 e. The third-order valence-corrected chi connectivity index (χ3v) is 2.80. The fourth-order valence-electron chi connectivity index (χ4n) is 1.98. The van der Waals surface area contributed by atoms with Gasteiger partial charge in [0.2, 0.25) is 0 Å². The van der Waals surface area contributed by atoms with Crippen molar-refractivity contribution in [3.63, 3.8) is 0 Å². The van der Waals surface area contributed by atoms with E-state index in [1.165, 1.54) is 38.6 Å². The Hall–Kier alpha value is -0.0400. The maximum Gasteiger partial charge on any atom is 0.00697 e. The predicted molar refractivity (Wildman–Crippen MR) is 49.7 cm³/mol. The van der Waals surface area contributed by atoms with Gasteiger partial charge in [-0.3, -0.25) is 0 Å². The molecule has 0 aliphatic heterocycles. The van der Waals surface area contributed by atoms with Crippen LogP contribution in [0.2, 0.25) is 0 Å². The van der Waals surface area contributed by atoms with Crippen LogP contribution < -0.4 is 5.32 Å². The first-order valence-corrected chi connectivity index (χ1v) is 5.10. The molecule has 1 N–H and O–H groups in total. The Balaban J connectivity index is 2.09. The van der Waals surface area contributed by atoms with Crippen LogP contribution in [0.4, 0.5) is 0 Å². The molecule has 0 amide bonds. The van der Waals surface area contributed by atoms with Crippen molar-refractivity contribution in [1.29, 1.82) is 0 Å². The quantitative estimate of drug-likeness (QED) is 0.658. The van der Waals surface area contributed by atoms with Crippen LogP contribution in [0.1, 0.15) is 46.0 Å². The molecule has 1 aliphatic carbocycles. The van der Waals surface area contributed by atoms with Crippen molar-refractivity contribution in [2.24, 2.45) is 5.92 Å². The monoisotopic (exact) mass is 155 g/mol. The third-order valence-electron chi connectivity index (χ3n) is 2.80. The second kappa shape index (κ2) is 4.76. The van der Waals surface area contributed by atoms with Crippen LogP contribution in [0.15, 0.2) is 0 Å². The van der Waals surface area contributed by atoms with Crippen LogP contribution in [0.3, 0.4) is 0 Å². The highest BCUT2D eigenvalue weighted by molar-refractivity contribution is 4.79. The lowest BCUT2D eigenvalue weighted by molar-refractivity contribution is 0.477. The van der Waals surface area contributed by atoms with E-state index in [9.17, 15) is 0 Å². The molecule has 2 atom stereocenters. The standard InChI is InChI=1S/C10H21N/c1-3-7-11-10-6-5-9(4-2)8-10/h9-11H,3-8H2,1-2H3. The Morgan fingerprint density at radius 1 is 1.27 bits per heavy atom. The van der Waals surface area contributed by atoms with E-state index in [0.717, 1.165) is 12.0 Å². The zero-order chi connectivity index (χ0) is 8.10. The van der Waals surface area contributed by atoms with Gasteiger partial charge in [-0.1, -0.05) is 20.3 Å². The minimum atomic E-state index is 0.847. The topological polar surface area (TPSA) is 12.0 Å². The molecule has 1 nitrogen and oxygen atoms in total. The summed E-state index contributed by atoms with van der Waals surface area (Å²) in [4.78, 5) is 0. The van der Waals surface area contributed by atoms with Gasteiger partial charge in [-0.15, -0.1) is 0 Å². The van der Waals surface area contributed by atoms with Crippen LogP contribution in [0, 0.1) is 5.92 Å². The Kier molecular flexibility index (Phi) is 3.92. The molecule has 0 aromatic carbocycles. The highest BCUT2D eigenvalue weighted by Gasteiger charge is 2.21. The molecule has 0 saturated heterocycles. The highest BCUT2D eigenvalue weighted by atomic mass is 14.9. The van der Waals surface area contributed by atoms with Crippen molar-refractivity contribution in [2.75, 3.05) is 6.54 Å². The molecule has 11 heavy (non-hydrogen) atoms. The summed E-state index contributed by atoms with van der Waals surface area (Å²) in [6.07, 6.45) is 6.95. The van der Waals surface area contributed by atoms with E-state index in [0.29, 0.717) is 0 Å². The van der Waals surface area contributed by atoms with Gasteiger partial charge in [-0.2, -0.15) is 0 Å². The largest absolute Gasteiger partial charge is 0.314 e. The van der Waals surface area contributed by atoms with Gasteiger partial charge < -0.3 is 5.32 Å². The fourth-order valence-corrected chi connectivity index (χ4v) is 1.98. The second-order valence-electron chi connectivity index (χ2n) is 3.74. The van der Waals surface area contributed by atoms with Crippen molar-refractivity contribution in [3.8, 4) is 0 Å². The molecule has 0 aromatic rings. The first kappa shape index (κ1) is 9.05. The van der Waals surface area contributed by atoms with E-state index in [2.05, 4.69) is 19.2 Å². The van der Waals surface area contributed by atoms with Crippen molar-refractivity contribution in [1.82, 2.24) is 5.32 Å². The zero-order valence-corrected chi connectivity index (χ0v) is 7.90. The fraction of sp³-hybridized carbons (Fsp3) is 1.00. The van der Waals surface area contributed by atoms with Crippen molar-refractivity contribution in [3.05, 3.63) is 0 Å². The molecule has 1 saturated carbocycles. The molecule has 1 aliphatic rings. The molecular formula is C10H21N. The van der Waals surface area contributed by atoms with Crippen LogP contribution in [0.25, 0.3) is 0 Å². The minimum absolute atomic E-state index is 0.847. The molecule has 1 heteroatoms.